The van der Waals surface area contributed by atoms with Crippen LogP contribution >= 0.6 is 11.3 Å². The quantitative estimate of drug-likeness (QED) is 0.708. The number of nitrogens with one attached hydrogen (secondary N) is 2. The van der Waals surface area contributed by atoms with E-state index in [-0.39, 0.29) is 17.7 Å². The maximum Gasteiger partial charge on any atom is 0.246 e. The van der Waals surface area contributed by atoms with Crippen molar-refractivity contribution in [2.75, 3.05) is 25.5 Å². The molecule has 0 aromatic carbocycles. The smallest absolute Gasteiger partial charge is 0.246 e. The Morgan fingerprint density at radius 3 is 3.07 bits per heavy atom. The molecule has 1 atom stereocenters. The highest BCUT2D eigenvalue weighted by atomic mass is 32.1. The van der Waals surface area contributed by atoms with E-state index in [1.807, 2.05) is 37.9 Å². The highest BCUT2D eigenvalue weighted by Gasteiger charge is 2.26. The number of hydrogen-bond acceptors (Lipinski definition) is 6. The van der Waals surface area contributed by atoms with Crippen LogP contribution in [0.15, 0.2) is 41.7 Å². The Bertz CT molecular complexity index is 1070. The summed E-state index contributed by atoms with van der Waals surface area (Å²) < 4.78 is 14.7. The van der Waals surface area contributed by atoms with E-state index in [9.17, 15) is 9.18 Å². The van der Waals surface area contributed by atoms with Gasteiger partial charge in [-0.3, -0.25) is 4.79 Å². The summed E-state index contributed by atoms with van der Waals surface area (Å²) in [7, 11) is 1.85. The lowest BCUT2D eigenvalue weighted by Crippen LogP contribution is -2.34. The molecule has 2 aromatic heterocycles. The standard InChI is InChI=1S/C22H26FN5OS/c1-13-9-14(2)20(23)16(10-13)27-21-19-15-6-8-28(18(29)5-4-7-24-3)11-17(15)30-22(19)26-12-25-21/h4-5,10,12,14,24H,6-9,11H2,1-3H3,(H,25,26,27)/b5-4+. The van der Waals surface area contributed by atoms with Crippen LogP contribution in [0.3, 0.4) is 0 Å². The van der Waals surface area contributed by atoms with Crippen molar-refractivity contribution < 1.29 is 9.18 Å². The minimum Gasteiger partial charge on any atom is -0.337 e. The Hall–Kier alpha value is -2.58. The second-order valence-electron chi connectivity index (χ2n) is 7.86. The molecule has 0 saturated heterocycles. The molecular formula is C22H26FN5OS. The summed E-state index contributed by atoms with van der Waals surface area (Å²) in [4.78, 5) is 25.1. The molecule has 1 aliphatic carbocycles. The van der Waals surface area contributed by atoms with E-state index in [1.54, 1.807) is 17.4 Å². The van der Waals surface area contributed by atoms with E-state index in [0.717, 1.165) is 39.1 Å². The van der Waals surface area contributed by atoms with Crippen LogP contribution in [-0.2, 0) is 17.8 Å². The highest BCUT2D eigenvalue weighted by molar-refractivity contribution is 7.19. The topological polar surface area (TPSA) is 70.2 Å². The van der Waals surface area contributed by atoms with E-state index in [1.165, 1.54) is 6.33 Å². The fourth-order valence-electron chi connectivity index (χ4n) is 4.03. The Kier molecular flexibility index (Phi) is 5.97. The Morgan fingerprint density at radius 1 is 1.43 bits per heavy atom. The van der Waals surface area contributed by atoms with Crippen LogP contribution in [0.4, 0.5) is 10.2 Å². The van der Waals surface area contributed by atoms with Gasteiger partial charge in [0.1, 0.15) is 22.8 Å². The summed E-state index contributed by atoms with van der Waals surface area (Å²) in [5.41, 5.74) is 2.78. The molecule has 6 nitrogen and oxygen atoms in total. The van der Waals surface area contributed by atoms with Gasteiger partial charge in [-0.05, 0) is 38.5 Å². The number of anilines is 1. The van der Waals surface area contributed by atoms with Gasteiger partial charge < -0.3 is 15.5 Å². The van der Waals surface area contributed by atoms with Gasteiger partial charge in [0.2, 0.25) is 5.91 Å². The number of allylic oxidation sites excluding steroid dienone is 3. The molecule has 1 aliphatic heterocycles. The van der Waals surface area contributed by atoms with Crippen LogP contribution in [0, 0.1) is 5.92 Å². The number of carbonyl (C=O) groups excluding carboxylic acids is 1. The molecule has 1 unspecified atom stereocenters. The van der Waals surface area contributed by atoms with E-state index in [0.29, 0.717) is 31.1 Å². The molecule has 4 rings (SSSR count). The van der Waals surface area contributed by atoms with Crippen LogP contribution < -0.4 is 10.6 Å². The van der Waals surface area contributed by atoms with Gasteiger partial charge in [-0.25, -0.2) is 14.4 Å². The van der Waals surface area contributed by atoms with Crippen LogP contribution in [0.2, 0.25) is 0 Å². The van der Waals surface area contributed by atoms with Crippen LogP contribution in [0.5, 0.6) is 0 Å². The van der Waals surface area contributed by atoms with Crippen molar-refractivity contribution in [2.24, 2.45) is 5.92 Å². The van der Waals surface area contributed by atoms with Crippen molar-refractivity contribution in [2.45, 2.75) is 33.2 Å². The molecular weight excluding hydrogens is 401 g/mol. The van der Waals surface area contributed by atoms with Gasteiger partial charge in [-0.2, -0.15) is 0 Å². The van der Waals surface area contributed by atoms with Crippen LogP contribution in [0.25, 0.3) is 10.2 Å². The lowest BCUT2D eigenvalue weighted by Gasteiger charge is -2.26. The van der Waals surface area contributed by atoms with Gasteiger partial charge >= 0.3 is 0 Å². The van der Waals surface area contributed by atoms with Crippen molar-refractivity contribution in [1.82, 2.24) is 20.2 Å². The lowest BCUT2D eigenvalue weighted by molar-refractivity contribution is -0.126. The van der Waals surface area contributed by atoms with Crippen LogP contribution in [0.1, 0.15) is 30.7 Å². The first-order valence-corrected chi connectivity index (χ1v) is 11.0. The minimum atomic E-state index is -0.137. The Labute approximate surface area is 179 Å². The number of amides is 1. The fraction of sp³-hybridized carbons (Fsp3) is 0.409. The number of likely N-dealkylation sites (N-methyl/N-ethyl adjacent to an activating group) is 1. The van der Waals surface area contributed by atoms with Crippen molar-refractivity contribution in [1.29, 1.82) is 0 Å². The number of halogens is 1. The molecule has 8 heteroatoms. The molecule has 2 aromatic rings. The molecule has 158 valence electrons. The van der Waals surface area contributed by atoms with E-state index < -0.39 is 0 Å². The van der Waals surface area contributed by atoms with Crippen molar-refractivity contribution in [3.63, 3.8) is 0 Å². The summed E-state index contributed by atoms with van der Waals surface area (Å²) >= 11 is 1.58. The molecule has 0 radical (unpaired) electrons. The number of fused-ring (bicyclic) bond motifs is 3. The van der Waals surface area contributed by atoms with Crippen molar-refractivity contribution >= 4 is 33.3 Å². The first-order chi connectivity index (χ1) is 14.5. The third-order valence-electron chi connectivity index (χ3n) is 5.49. The summed E-state index contributed by atoms with van der Waals surface area (Å²) in [5, 5.41) is 7.16. The van der Waals surface area contributed by atoms with E-state index >= 15 is 0 Å². The average Bonchev–Trinajstić information content (AvgIpc) is 3.10. The number of aromatic nitrogens is 2. The zero-order valence-corrected chi connectivity index (χ0v) is 18.3. The molecule has 3 heterocycles. The van der Waals surface area contributed by atoms with Crippen molar-refractivity contribution in [3.8, 4) is 0 Å². The molecule has 0 saturated carbocycles. The monoisotopic (exact) mass is 427 g/mol. The molecule has 0 bridgehead atoms. The molecule has 0 spiro atoms. The van der Waals surface area contributed by atoms with Gasteiger partial charge in [-0.1, -0.05) is 18.6 Å². The summed E-state index contributed by atoms with van der Waals surface area (Å²) in [6, 6.07) is 0. The zero-order valence-electron chi connectivity index (χ0n) is 17.5. The normalized spacial score (nSPS) is 19.4. The minimum absolute atomic E-state index is 0.0156. The van der Waals surface area contributed by atoms with Gasteiger partial charge in [0.15, 0.2) is 0 Å². The van der Waals surface area contributed by atoms with Gasteiger partial charge in [0.05, 0.1) is 17.6 Å². The first kappa shape index (κ1) is 20.7. The van der Waals surface area contributed by atoms with Crippen molar-refractivity contribution in [3.05, 3.63) is 52.1 Å². The Balaban J connectivity index is 1.63. The highest BCUT2D eigenvalue weighted by Crippen LogP contribution is 2.38. The van der Waals surface area contributed by atoms with E-state index in [4.69, 9.17) is 0 Å². The second kappa shape index (κ2) is 8.65. The van der Waals surface area contributed by atoms with Gasteiger partial charge in [0.25, 0.3) is 0 Å². The summed E-state index contributed by atoms with van der Waals surface area (Å²) in [6.07, 6.45) is 8.29. The largest absolute Gasteiger partial charge is 0.337 e. The number of carbonyl (C=O) groups is 1. The molecule has 30 heavy (non-hydrogen) atoms. The average molecular weight is 428 g/mol. The summed E-state index contributed by atoms with van der Waals surface area (Å²) in [5.74, 6) is 0.375. The SMILES string of the molecule is CNC/C=C/C(=O)N1CCc2c(sc3ncnc(NC4=C(F)C(C)CC(C)=C4)c23)C1. The maximum absolute atomic E-state index is 14.7. The number of rotatable bonds is 5. The molecule has 1 amide bonds. The molecule has 0 fully saturated rings. The third-order valence-corrected chi connectivity index (χ3v) is 6.62. The molecule has 2 aliphatic rings. The lowest BCUT2D eigenvalue weighted by atomic mass is 9.94. The Morgan fingerprint density at radius 2 is 2.27 bits per heavy atom. The number of nitrogens with zero attached hydrogens (tertiary/aromatic N) is 3. The fourth-order valence-corrected chi connectivity index (χ4v) is 5.23. The van der Waals surface area contributed by atoms with E-state index in [2.05, 4.69) is 20.6 Å². The predicted molar refractivity (Wildman–Crippen MR) is 119 cm³/mol. The maximum atomic E-state index is 14.7. The zero-order chi connectivity index (χ0) is 21.3. The predicted octanol–water partition coefficient (Wildman–Crippen LogP) is 3.93. The van der Waals surface area contributed by atoms with Crippen LogP contribution in [-0.4, -0.2) is 40.9 Å². The second-order valence-corrected chi connectivity index (χ2v) is 8.94. The number of hydrogen-bond donors (Lipinski definition) is 2. The van der Waals surface area contributed by atoms with Gasteiger partial charge in [0, 0.05) is 30.0 Å². The summed E-state index contributed by atoms with van der Waals surface area (Å²) in [6.45, 7) is 5.78. The first-order valence-electron chi connectivity index (χ1n) is 10.2. The molecule has 2 N–H and O–H groups in total. The number of thiophene rings is 1. The van der Waals surface area contributed by atoms with Gasteiger partial charge in [-0.15, -0.1) is 11.3 Å². The third kappa shape index (κ3) is 4.02.